The zero-order valence-corrected chi connectivity index (χ0v) is 13.5. The quantitative estimate of drug-likeness (QED) is 0.770. The third-order valence-corrected chi connectivity index (χ3v) is 4.25. The Morgan fingerprint density at radius 2 is 2.00 bits per heavy atom. The molecule has 1 aliphatic rings. The Morgan fingerprint density at radius 3 is 2.68 bits per heavy atom. The number of hydrogen-bond donors (Lipinski definition) is 2. The number of hydrogen-bond acceptors (Lipinski definition) is 6. The van der Waals surface area contributed by atoms with E-state index in [2.05, 4.69) is 4.98 Å². The summed E-state index contributed by atoms with van der Waals surface area (Å²) < 4.78 is 12.0. The Bertz CT molecular complexity index is 859. The highest BCUT2D eigenvalue weighted by atomic mass is 16.6. The van der Waals surface area contributed by atoms with E-state index in [1.165, 1.54) is 12.3 Å². The van der Waals surface area contributed by atoms with Crippen LogP contribution < -0.4 is 11.2 Å². The molecule has 0 saturated carbocycles. The number of aliphatic hydroxyl groups is 1. The van der Waals surface area contributed by atoms with Crippen LogP contribution in [0.25, 0.3) is 0 Å². The lowest BCUT2D eigenvalue weighted by Crippen LogP contribution is -2.35. The third kappa shape index (κ3) is 3.54. The standard InChI is InChI=1S/C17H18N2O6/c1-10-12(9-24-16(22)11-5-3-2-4-6-11)25-15(14(10)21)19-8-7-13(20)18-17(19)23/h2-8,10,12,14-15,21H,9H2,1H3,(H,18,20,23)/t10?,12-,14?,15-/m0/s1. The molecule has 0 spiro atoms. The Kier molecular flexibility index (Phi) is 4.82. The summed E-state index contributed by atoms with van der Waals surface area (Å²) in [7, 11) is 0. The molecular formula is C17H18N2O6. The fraction of sp³-hybridized carbons (Fsp3) is 0.353. The van der Waals surface area contributed by atoms with Crippen molar-refractivity contribution in [3.8, 4) is 0 Å². The number of aliphatic hydroxyl groups excluding tert-OH is 1. The highest BCUT2D eigenvalue weighted by Crippen LogP contribution is 2.33. The summed E-state index contributed by atoms with van der Waals surface area (Å²) in [6, 6.07) is 9.70. The van der Waals surface area contributed by atoms with Crippen LogP contribution in [0.1, 0.15) is 23.5 Å². The second kappa shape index (κ2) is 7.04. The van der Waals surface area contributed by atoms with Gasteiger partial charge in [-0.3, -0.25) is 14.3 Å². The van der Waals surface area contributed by atoms with E-state index in [-0.39, 0.29) is 12.5 Å². The highest BCUT2D eigenvalue weighted by Gasteiger charge is 2.42. The molecule has 2 N–H and O–H groups in total. The van der Waals surface area contributed by atoms with Crippen molar-refractivity contribution in [1.29, 1.82) is 0 Å². The number of ether oxygens (including phenoxy) is 2. The van der Waals surface area contributed by atoms with Gasteiger partial charge in [0.15, 0.2) is 6.23 Å². The molecule has 3 rings (SSSR count). The first-order chi connectivity index (χ1) is 12.0. The number of H-pyrrole nitrogens is 1. The summed E-state index contributed by atoms with van der Waals surface area (Å²) in [5, 5.41) is 10.3. The largest absolute Gasteiger partial charge is 0.459 e. The van der Waals surface area contributed by atoms with Crippen molar-refractivity contribution >= 4 is 5.97 Å². The molecule has 132 valence electrons. The summed E-state index contributed by atoms with van der Waals surface area (Å²) in [6.45, 7) is 1.68. The molecule has 1 aromatic carbocycles. The second-order valence-corrected chi connectivity index (χ2v) is 5.90. The van der Waals surface area contributed by atoms with Crippen molar-refractivity contribution in [3.63, 3.8) is 0 Å². The van der Waals surface area contributed by atoms with Gasteiger partial charge in [-0.05, 0) is 12.1 Å². The molecule has 25 heavy (non-hydrogen) atoms. The van der Waals surface area contributed by atoms with Crippen LogP contribution in [-0.2, 0) is 9.47 Å². The number of carbonyl (C=O) groups excluding carboxylic acids is 1. The average molecular weight is 346 g/mol. The SMILES string of the molecule is CC1C(O)[C@@H](n2ccc(=O)[nH]c2=O)O[C@H]1COC(=O)c1ccccc1. The molecule has 1 saturated heterocycles. The van der Waals surface area contributed by atoms with E-state index in [1.54, 1.807) is 37.3 Å². The molecule has 2 aromatic rings. The molecule has 4 atom stereocenters. The van der Waals surface area contributed by atoms with E-state index in [4.69, 9.17) is 9.47 Å². The predicted octanol–water partition coefficient (Wildman–Crippen LogP) is 0.288. The normalized spacial score (nSPS) is 25.7. The van der Waals surface area contributed by atoms with Gasteiger partial charge in [0, 0.05) is 18.2 Å². The van der Waals surface area contributed by atoms with E-state index in [0.717, 1.165) is 4.57 Å². The number of nitrogens with one attached hydrogen (secondary N) is 1. The topological polar surface area (TPSA) is 111 Å². The molecule has 0 bridgehead atoms. The Hall–Kier alpha value is -2.71. The van der Waals surface area contributed by atoms with E-state index in [0.29, 0.717) is 5.56 Å². The lowest BCUT2D eigenvalue weighted by Gasteiger charge is -2.17. The van der Waals surface area contributed by atoms with Gasteiger partial charge < -0.3 is 14.6 Å². The van der Waals surface area contributed by atoms with Crippen molar-refractivity contribution in [1.82, 2.24) is 9.55 Å². The van der Waals surface area contributed by atoms with Gasteiger partial charge in [-0.2, -0.15) is 0 Å². The van der Waals surface area contributed by atoms with Crippen molar-refractivity contribution in [2.45, 2.75) is 25.4 Å². The van der Waals surface area contributed by atoms with Gasteiger partial charge in [0.05, 0.1) is 11.7 Å². The van der Waals surface area contributed by atoms with Gasteiger partial charge >= 0.3 is 11.7 Å². The zero-order chi connectivity index (χ0) is 18.0. The summed E-state index contributed by atoms with van der Waals surface area (Å²) in [5.41, 5.74) is -0.789. The number of carbonyl (C=O) groups is 1. The fourth-order valence-corrected chi connectivity index (χ4v) is 2.73. The number of esters is 1. The molecule has 0 radical (unpaired) electrons. The van der Waals surface area contributed by atoms with Crippen LogP contribution in [0.2, 0.25) is 0 Å². The van der Waals surface area contributed by atoms with Gasteiger partial charge in [0.25, 0.3) is 5.56 Å². The van der Waals surface area contributed by atoms with Gasteiger partial charge in [0.1, 0.15) is 12.7 Å². The first kappa shape index (κ1) is 17.1. The average Bonchev–Trinajstić information content (AvgIpc) is 2.89. The van der Waals surface area contributed by atoms with Crippen LogP contribution in [0.5, 0.6) is 0 Å². The maximum Gasteiger partial charge on any atom is 0.338 e. The third-order valence-electron chi connectivity index (χ3n) is 4.25. The first-order valence-corrected chi connectivity index (χ1v) is 7.84. The molecule has 8 heteroatoms. The minimum Gasteiger partial charge on any atom is -0.459 e. The van der Waals surface area contributed by atoms with Crippen molar-refractivity contribution < 1.29 is 19.4 Å². The molecule has 1 aliphatic heterocycles. The van der Waals surface area contributed by atoms with Crippen molar-refractivity contribution in [2.24, 2.45) is 5.92 Å². The number of aromatic nitrogens is 2. The van der Waals surface area contributed by atoms with Crippen molar-refractivity contribution in [2.75, 3.05) is 6.61 Å². The van der Waals surface area contributed by atoms with Gasteiger partial charge in [-0.1, -0.05) is 25.1 Å². The second-order valence-electron chi connectivity index (χ2n) is 5.90. The molecule has 0 aliphatic carbocycles. The van der Waals surface area contributed by atoms with Crippen LogP contribution in [0.15, 0.2) is 52.2 Å². The molecule has 2 heterocycles. The van der Waals surface area contributed by atoms with Crippen LogP contribution in [0, 0.1) is 5.92 Å². The van der Waals surface area contributed by atoms with Crippen LogP contribution in [-0.4, -0.2) is 39.4 Å². The number of aromatic amines is 1. The van der Waals surface area contributed by atoms with Crippen LogP contribution in [0.4, 0.5) is 0 Å². The van der Waals surface area contributed by atoms with Crippen molar-refractivity contribution in [3.05, 3.63) is 69.0 Å². The first-order valence-electron chi connectivity index (χ1n) is 7.84. The molecular weight excluding hydrogens is 328 g/mol. The summed E-state index contributed by atoms with van der Waals surface area (Å²) in [5.74, 6) is -0.858. The molecule has 8 nitrogen and oxygen atoms in total. The van der Waals surface area contributed by atoms with Gasteiger partial charge in [-0.25, -0.2) is 9.59 Å². The molecule has 1 fully saturated rings. The Balaban J connectivity index is 1.69. The van der Waals surface area contributed by atoms with Gasteiger partial charge in [-0.15, -0.1) is 0 Å². The minimum absolute atomic E-state index is 0.0550. The van der Waals surface area contributed by atoms with Crippen LogP contribution >= 0.6 is 0 Å². The smallest absolute Gasteiger partial charge is 0.338 e. The minimum atomic E-state index is -0.982. The number of benzene rings is 1. The monoisotopic (exact) mass is 346 g/mol. The predicted molar refractivity (Wildman–Crippen MR) is 87.1 cm³/mol. The lowest BCUT2D eigenvalue weighted by molar-refractivity contribution is -0.0577. The maximum absolute atomic E-state index is 12.0. The Labute approximate surface area is 142 Å². The summed E-state index contributed by atoms with van der Waals surface area (Å²) in [4.78, 5) is 37.1. The molecule has 0 amide bonds. The summed E-state index contributed by atoms with van der Waals surface area (Å²) in [6.07, 6.45) is -1.25. The number of nitrogens with zero attached hydrogens (tertiary/aromatic N) is 1. The maximum atomic E-state index is 12.0. The van der Waals surface area contributed by atoms with E-state index >= 15 is 0 Å². The highest BCUT2D eigenvalue weighted by molar-refractivity contribution is 5.89. The van der Waals surface area contributed by atoms with E-state index in [9.17, 15) is 19.5 Å². The van der Waals surface area contributed by atoms with E-state index < -0.39 is 35.7 Å². The fourth-order valence-electron chi connectivity index (χ4n) is 2.73. The zero-order valence-electron chi connectivity index (χ0n) is 13.5. The molecule has 2 unspecified atom stereocenters. The van der Waals surface area contributed by atoms with Gasteiger partial charge in [0.2, 0.25) is 0 Å². The lowest BCUT2D eigenvalue weighted by atomic mass is 10.0. The Morgan fingerprint density at radius 1 is 1.28 bits per heavy atom. The van der Waals surface area contributed by atoms with E-state index in [1.807, 2.05) is 0 Å². The van der Waals surface area contributed by atoms with Crippen LogP contribution in [0.3, 0.4) is 0 Å². The molecule has 1 aromatic heterocycles. The summed E-state index contributed by atoms with van der Waals surface area (Å²) >= 11 is 0. The number of rotatable bonds is 4.